The first-order chi connectivity index (χ1) is 15.1. The summed E-state index contributed by atoms with van der Waals surface area (Å²) in [4.78, 5) is 27.6. The molecule has 3 aromatic carbocycles. The van der Waals surface area contributed by atoms with Crippen molar-refractivity contribution in [2.75, 3.05) is 12.0 Å². The Kier molecular flexibility index (Phi) is 5.67. The number of allylic oxidation sites excluding steroid dienone is 1. The van der Waals surface area contributed by atoms with E-state index in [1.165, 1.54) is 11.0 Å². The fourth-order valence-corrected chi connectivity index (χ4v) is 3.64. The third-order valence-corrected chi connectivity index (χ3v) is 5.17. The van der Waals surface area contributed by atoms with Crippen LogP contribution in [0.5, 0.6) is 5.75 Å². The number of benzene rings is 3. The molecule has 4 rings (SSSR count). The molecule has 1 amide bonds. The number of carbonyl (C=O) groups excluding carboxylic acids is 2. The van der Waals surface area contributed by atoms with E-state index in [4.69, 9.17) is 4.74 Å². The third kappa shape index (κ3) is 3.98. The second-order valence-electron chi connectivity index (χ2n) is 7.06. The summed E-state index contributed by atoms with van der Waals surface area (Å²) in [5.41, 5.74) is 2.19. The van der Waals surface area contributed by atoms with Crippen LogP contribution in [0, 0.1) is 0 Å². The number of amides is 1. The van der Waals surface area contributed by atoms with Crippen LogP contribution in [0.1, 0.15) is 17.2 Å². The van der Waals surface area contributed by atoms with Crippen LogP contribution in [0.15, 0.2) is 102 Å². The average Bonchev–Trinajstić information content (AvgIpc) is 3.09. The van der Waals surface area contributed by atoms with Crippen LogP contribution in [0.2, 0.25) is 0 Å². The minimum Gasteiger partial charge on any atom is -0.503 e. The molecule has 3 aromatic rings. The van der Waals surface area contributed by atoms with Gasteiger partial charge in [-0.15, -0.1) is 0 Å². The molecule has 1 aliphatic heterocycles. The molecule has 1 N–H and O–H groups in total. The van der Waals surface area contributed by atoms with E-state index >= 15 is 0 Å². The smallest absolute Gasteiger partial charge is 0.294 e. The number of hydrogen-bond acceptors (Lipinski definition) is 4. The molecule has 154 valence electrons. The topological polar surface area (TPSA) is 66.8 Å². The zero-order valence-corrected chi connectivity index (χ0v) is 16.9. The van der Waals surface area contributed by atoms with Crippen molar-refractivity contribution in [3.63, 3.8) is 0 Å². The van der Waals surface area contributed by atoms with Gasteiger partial charge in [-0.3, -0.25) is 14.5 Å². The normalized spacial score (nSPS) is 16.2. The molecule has 0 saturated heterocycles. The lowest BCUT2D eigenvalue weighted by atomic mass is 9.95. The van der Waals surface area contributed by atoms with E-state index in [0.717, 1.165) is 11.1 Å². The minimum absolute atomic E-state index is 0.0548. The maximum atomic E-state index is 13.1. The van der Waals surface area contributed by atoms with Crippen LogP contribution in [0.3, 0.4) is 0 Å². The maximum absolute atomic E-state index is 13.1. The predicted octanol–water partition coefficient (Wildman–Crippen LogP) is 4.88. The second kappa shape index (κ2) is 8.71. The highest BCUT2D eigenvalue weighted by Gasteiger charge is 2.43. The Labute approximate surface area is 180 Å². The number of aliphatic hydroxyl groups excluding tert-OH is 1. The lowest BCUT2D eigenvalue weighted by molar-refractivity contribution is -0.117. The van der Waals surface area contributed by atoms with Gasteiger partial charge < -0.3 is 9.84 Å². The van der Waals surface area contributed by atoms with Crippen molar-refractivity contribution in [1.29, 1.82) is 0 Å². The Hall–Kier alpha value is -4.12. The van der Waals surface area contributed by atoms with Crippen molar-refractivity contribution in [3.05, 3.63) is 113 Å². The van der Waals surface area contributed by atoms with E-state index < -0.39 is 23.5 Å². The minimum atomic E-state index is -0.741. The first-order valence-electron chi connectivity index (χ1n) is 9.83. The van der Waals surface area contributed by atoms with Crippen molar-refractivity contribution in [3.8, 4) is 5.75 Å². The van der Waals surface area contributed by atoms with Gasteiger partial charge in [0.05, 0.1) is 18.7 Å². The quantitative estimate of drug-likeness (QED) is 0.587. The highest BCUT2D eigenvalue weighted by atomic mass is 16.5. The number of methoxy groups -OCH3 is 1. The Morgan fingerprint density at radius 2 is 1.55 bits per heavy atom. The molecule has 0 fully saturated rings. The predicted molar refractivity (Wildman–Crippen MR) is 120 cm³/mol. The van der Waals surface area contributed by atoms with Crippen LogP contribution < -0.4 is 9.64 Å². The van der Waals surface area contributed by atoms with Gasteiger partial charge >= 0.3 is 0 Å². The van der Waals surface area contributed by atoms with Crippen molar-refractivity contribution < 1.29 is 19.4 Å². The van der Waals surface area contributed by atoms with Crippen LogP contribution >= 0.6 is 0 Å². The number of ketones is 1. The van der Waals surface area contributed by atoms with E-state index in [-0.39, 0.29) is 5.57 Å². The first-order valence-corrected chi connectivity index (χ1v) is 9.83. The SMILES string of the molecule is COc1ccc(N2C(=O)C(O)=C(C(=O)C=Cc3ccccc3)[C@@H]2c2ccccc2)cc1. The van der Waals surface area contributed by atoms with E-state index in [0.29, 0.717) is 11.4 Å². The average molecular weight is 411 g/mol. The summed E-state index contributed by atoms with van der Waals surface area (Å²) in [6.45, 7) is 0. The molecule has 0 unspecified atom stereocenters. The summed E-state index contributed by atoms with van der Waals surface area (Å²) < 4.78 is 5.20. The van der Waals surface area contributed by atoms with Crippen molar-refractivity contribution in [2.24, 2.45) is 0 Å². The molecule has 1 atom stereocenters. The van der Waals surface area contributed by atoms with Gasteiger partial charge in [-0.2, -0.15) is 0 Å². The van der Waals surface area contributed by atoms with Gasteiger partial charge in [0, 0.05) is 5.69 Å². The summed E-state index contributed by atoms with van der Waals surface area (Å²) >= 11 is 0. The van der Waals surface area contributed by atoms with E-state index in [1.54, 1.807) is 37.5 Å². The zero-order valence-electron chi connectivity index (χ0n) is 16.9. The Morgan fingerprint density at radius 1 is 0.935 bits per heavy atom. The molecule has 0 aliphatic carbocycles. The maximum Gasteiger partial charge on any atom is 0.294 e. The van der Waals surface area contributed by atoms with E-state index in [1.807, 2.05) is 60.7 Å². The fraction of sp³-hybridized carbons (Fsp3) is 0.0769. The molecule has 0 saturated carbocycles. The van der Waals surface area contributed by atoms with Gasteiger partial charge in [0.25, 0.3) is 5.91 Å². The van der Waals surface area contributed by atoms with E-state index in [9.17, 15) is 14.7 Å². The summed E-state index contributed by atoms with van der Waals surface area (Å²) in [5, 5.41) is 10.7. The largest absolute Gasteiger partial charge is 0.503 e. The molecule has 0 spiro atoms. The van der Waals surface area contributed by atoms with E-state index in [2.05, 4.69) is 0 Å². The van der Waals surface area contributed by atoms with Gasteiger partial charge in [0.15, 0.2) is 11.5 Å². The molecule has 0 radical (unpaired) electrons. The van der Waals surface area contributed by atoms with Crippen molar-refractivity contribution >= 4 is 23.5 Å². The molecule has 5 nitrogen and oxygen atoms in total. The number of nitrogens with zero attached hydrogens (tertiary/aromatic N) is 1. The molecular formula is C26H21NO4. The lowest BCUT2D eigenvalue weighted by Gasteiger charge is -2.26. The Morgan fingerprint density at radius 3 is 2.16 bits per heavy atom. The number of rotatable bonds is 6. The first kappa shape index (κ1) is 20.2. The molecule has 5 heteroatoms. The fourth-order valence-electron chi connectivity index (χ4n) is 3.64. The molecule has 31 heavy (non-hydrogen) atoms. The Bertz CT molecular complexity index is 1150. The molecule has 0 bridgehead atoms. The molecule has 1 aliphatic rings. The summed E-state index contributed by atoms with van der Waals surface area (Å²) in [7, 11) is 1.56. The number of hydrogen-bond donors (Lipinski definition) is 1. The van der Waals surface area contributed by atoms with Crippen LogP contribution in [0.4, 0.5) is 5.69 Å². The molecule has 1 heterocycles. The van der Waals surface area contributed by atoms with Crippen LogP contribution in [-0.4, -0.2) is 23.9 Å². The lowest BCUT2D eigenvalue weighted by Crippen LogP contribution is -2.30. The van der Waals surface area contributed by atoms with Crippen molar-refractivity contribution in [1.82, 2.24) is 0 Å². The van der Waals surface area contributed by atoms with Crippen LogP contribution in [-0.2, 0) is 9.59 Å². The highest BCUT2D eigenvalue weighted by Crippen LogP contribution is 2.41. The standard InChI is InChI=1S/C26H21NO4/c1-31-21-15-13-20(14-16-21)27-24(19-10-6-3-7-11-19)23(25(29)26(27)30)22(28)17-12-18-8-4-2-5-9-18/h2-17,24,29H,1H3/t24-/m0/s1. The summed E-state index contributed by atoms with van der Waals surface area (Å²) in [5.74, 6) is -0.923. The summed E-state index contributed by atoms with van der Waals surface area (Å²) in [6.07, 6.45) is 3.06. The number of anilines is 1. The highest BCUT2D eigenvalue weighted by molar-refractivity contribution is 6.19. The van der Waals surface area contributed by atoms with Gasteiger partial charge in [-0.05, 0) is 41.5 Å². The zero-order chi connectivity index (χ0) is 21.8. The molecular weight excluding hydrogens is 390 g/mol. The third-order valence-electron chi connectivity index (χ3n) is 5.17. The van der Waals surface area contributed by atoms with Gasteiger partial charge in [0.2, 0.25) is 0 Å². The monoisotopic (exact) mass is 411 g/mol. The number of carbonyl (C=O) groups is 2. The summed E-state index contributed by atoms with van der Waals surface area (Å²) in [6, 6.07) is 24.8. The Balaban J connectivity index is 1.76. The van der Waals surface area contributed by atoms with Gasteiger partial charge in [-0.1, -0.05) is 66.7 Å². The molecule has 0 aromatic heterocycles. The van der Waals surface area contributed by atoms with Gasteiger partial charge in [0.1, 0.15) is 5.75 Å². The van der Waals surface area contributed by atoms with Crippen molar-refractivity contribution in [2.45, 2.75) is 6.04 Å². The number of ether oxygens (including phenoxy) is 1. The van der Waals surface area contributed by atoms with Crippen LogP contribution in [0.25, 0.3) is 6.08 Å². The second-order valence-corrected chi connectivity index (χ2v) is 7.06. The number of aliphatic hydroxyl groups is 1. The van der Waals surface area contributed by atoms with Gasteiger partial charge in [-0.25, -0.2) is 0 Å².